The number of likely N-dealkylation sites (tertiary alicyclic amines) is 1. The normalized spacial score (nSPS) is 16.5. The van der Waals surface area contributed by atoms with Gasteiger partial charge < -0.3 is 15.3 Å². The van der Waals surface area contributed by atoms with Gasteiger partial charge in [-0.05, 0) is 42.4 Å². The molecule has 5 heteroatoms. The maximum absolute atomic E-state index is 12.2. The molecule has 1 aliphatic rings. The van der Waals surface area contributed by atoms with Crippen LogP contribution in [0.1, 0.15) is 49.0 Å². The molecule has 1 aromatic carbocycles. The van der Waals surface area contributed by atoms with Crippen LogP contribution in [-0.4, -0.2) is 35.1 Å². The van der Waals surface area contributed by atoms with Gasteiger partial charge in [-0.25, -0.2) is 9.59 Å². The zero-order chi connectivity index (χ0) is 16.2. The summed E-state index contributed by atoms with van der Waals surface area (Å²) in [5, 5.41) is 11.8. The topological polar surface area (TPSA) is 69.6 Å². The Morgan fingerprint density at radius 2 is 1.86 bits per heavy atom. The maximum atomic E-state index is 12.2. The summed E-state index contributed by atoms with van der Waals surface area (Å²) in [6, 6.07) is 6.54. The third kappa shape index (κ3) is 3.59. The lowest BCUT2D eigenvalue weighted by Crippen LogP contribution is -2.39. The smallest absolute Gasteiger partial charge is 0.335 e. The molecule has 0 unspecified atom stereocenters. The predicted molar refractivity (Wildman–Crippen MR) is 84.8 cm³/mol. The quantitative estimate of drug-likeness (QED) is 0.878. The number of aromatic carboxylic acids is 1. The molecular weight excluding hydrogens is 280 g/mol. The number of carbonyl (C=O) groups excluding carboxylic acids is 1. The van der Waals surface area contributed by atoms with Crippen LogP contribution in [0, 0.1) is 5.41 Å². The molecule has 2 N–H and O–H groups in total. The first kappa shape index (κ1) is 16.3. The van der Waals surface area contributed by atoms with Crippen LogP contribution < -0.4 is 5.32 Å². The van der Waals surface area contributed by atoms with Gasteiger partial charge in [0.1, 0.15) is 0 Å². The number of carboxylic acid groups (broad SMARTS) is 1. The SMILES string of the molecule is CCC1(CC)CCN(C(=O)NCc2ccc(C(=O)O)cc2)C1. The first-order valence-electron chi connectivity index (χ1n) is 7.84. The molecule has 5 nitrogen and oxygen atoms in total. The average Bonchev–Trinajstić information content (AvgIpc) is 2.98. The lowest BCUT2D eigenvalue weighted by molar-refractivity contribution is 0.0697. The van der Waals surface area contributed by atoms with Gasteiger partial charge in [0.25, 0.3) is 0 Å². The van der Waals surface area contributed by atoms with E-state index >= 15 is 0 Å². The minimum absolute atomic E-state index is 0.0360. The Morgan fingerprint density at radius 1 is 1.23 bits per heavy atom. The van der Waals surface area contributed by atoms with Crippen molar-refractivity contribution in [3.63, 3.8) is 0 Å². The molecule has 0 aromatic heterocycles. The van der Waals surface area contributed by atoms with Gasteiger partial charge in [-0.3, -0.25) is 0 Å². The summed E-state index contributed by atoms with van der Waals surface area (Å²) in [4.78, 5) is 24.9. The van der Waals surface area contributed by atoms with Gasteiger partial charge in [0.2, 0.25) is 0 Å². The molecule has 0 bridgehead atoms. The summed E-state index contributed by atoms with van der Waals surface area (Å²) in [5.41, 5.74) is 1.43. The summed E-state index contributed by atoms with van der Waals surface area (Å²) >= 11 is 0. The molecule has 0 spiro atoms. The summed E-state index contributed by atoms with van der Waals surface area (Å²) in [6.45, 7) is 6.43. The fourth-order valence-electron chi connectivity index (χ4n) is 2.99. The van der Waals surface area contributed by atoms with E-state index in [2.05, 4.69) is 19.2 Å². The molecular formula is C17H24N2O3. The fourth-order valence-corrected chi connectivity index (χ4v) is 2.99. The van der Waals surface area contributed by atoms with Crippen molar-refractivity contribution < 1.29 is 14.7 Å². The van der Waals surface area contributed by atoms with Crippen LogP contribution in [0.25, 0.3) is 0 Å². The zero-order valence-corrected chi connectivity index (χ0v) is 13.3. The van der Waals surface area contributed by atoms with Crippen molar-refractivity contribution in [2.24, 2.45) is 5.41 Å². The number of nitrogens with zero attached hydrogens (tertiary/aromatic N) is 1. The van der Waals surface area contributed by atoms with Gasteiger partial charge in [-0.2, -0.15) is 0 Å². The molecule has 1 fully saturated rings. The van der Waals surface area contributed by atoms with Crippen LogP contribution in [0.4, 0.5) is 4.79 Å². The largest absolute Gasteiger partial charge is 0.478 e. The van der Waals surface area contributed by atoms with Crippen molar-refractivity contribution in [1.82, 2.24) is 10.2 Å². The van der Waals surface area contributed by atoms with E-state index in [1.165, 1.54) is 0 Å². The Bertz CT molecular complexity index is 535. The second-order valence-electron chi connectivity index (χ2n) is 6.04. The van der Waals surface area contributed by atoms with Crippen molar-refractivity contribution in [2.75, 3.05) is 13.1 Å². The number of hydrogen-bond donors (Lipinski definition) is 2. The monoisotopic (exact) mass is 304 g/mol. The Morgan fingerprint density at radius 3 is 2.36 bits per heavy atom. The number of amides is 2. The number of hydrogen-bond acceptors (Lipinski definition) is 2. The van der Waals surface area contributed by atoms with Gasteiger partial charge in [0, 0.05) is 19.6 Å². The summed E-state index contributed by atoms with van der Waals surface area (Å²) in [6.07, 6.45) is 3.27. The van der Waals surface area contributed by atoms with Crippen LogP contribution in [0.3, 0.4) is 0 Å². The standard InChI is InChI=1S/C17H24N2O3/c1-3-17(4-2)9-10-19(12-17)16(22)18-11-13-5-7-14(8-6-13)15(20)21/h5-8H,3-4,9-12H2,1-2H3,(H,18,22)(H,20,21). The van der Waals surface area contributed by atoms with Crippen LogP contribution in [0.5, 0.6) is 0 Å². The third-order valence-corrected chi connectivity index (χ3v) is 4.87. The van der Waals surface area contributed by atoms with Crippen molar-refractivity contribution in [2.45, 2.75) is 39.7 Å². The molecule has 1 aliphatic heterocycles. The Balaban J connectivity index is 1.87. The first-order valence-corrected chi connectivity index (χ1v) is 7.84. The third-order valence-electron chi connectivity index (χ3n) is 4.87. The predicted octanol–water partition coefficient (Wildman–Crippen LogP) is 3.11. The summed E-state index contributed by atoms with van der Waals surface area (Å²) in [5.74, 6) is -0.942. The van der Waals surface area contributed by atoms with E-state index < -0.39 is 5.97 Å². The molecule has 0 saturated carbocycles. The average molecular weight is 304 g/mol. The molecule has 0 radical (unpaired) electrons. The van der Waals surface area contributed by atoms with Gasteiger partial charge in [0.15, 0.2) is 0 Å². The first-order chi connectivity index (χ1) is 10.5. The molecule has 22 heavy (non-hydrogen) atoms. The highest BCUT2D eigenvalue weighted by Crippen LogP contribution is 2.36. The highest BCUT2D eigenvalue weighted by Gasteiger charge is 2.36. The number of nitrogens with one attached hydrogen (secondary N) is 1. The molecule has 0 atom stereocenters. The van der Waals surface area contributed by atoms with Gasteiger partial charge in [-0.1, -0.05) is 26.0 Å². The van der Waals surface area contributed by atoms with Gasteiger partial charge >= 0.3 is 12.0 Å². The fraction of sp³-hybridized carbons (Fsp3) is 0.529. The van der Waals surface area contributed by atoms with Crippen molar-refractivity contribution in [3.05, 3.63) is 35.4 Å². The number of rotatable bonds is 5. The molecule has 1 heterocycles. The highest BCUT2D eigenvalue weighted by molar-refractivity contribution is 5.87. The maximum Gasteiger partial charge on any atom is 0.335 e. The lowest BCUT2D eigenvalue weighted by atomic mass is 9.82. The van der Waals surface area contributed by atoms with Crippen LogP contribution in [0.15, 0.2) is 24.3 Å². The van der Waals surface area contributed by atoms with E-state index in [1.807, 2.05) is 4.90 Å². The Labute approximate surface area is 131 Å². The van der Waals surface area contributed by atoms with E-state index in [0.717, 1.165) is 37.9 Å². The minimum atomic E-state index is -0.942. The second kappa shape index (κ2) is 6.81. The molecule has 2 rings (SSSR count). The Kier molecular flexibility index (Phi) is 5.06. The molecule has 0 aliphatic carbocycles. The zero-order valence-electron chi connectivity index (χ0n) is 13.3. The Hall–Kier alpha value is -2.04. The van der Waals surface area contributed by atoms with Crippen LogP contribution >= 0.6 is 0 Å². The highest BCUT2D eigenvalue weighted by atomic mass is 16.4. The minimum Gasteiger partial charge on any atom is -0.478 e. The van der Waals surface area contributed by atoms with Crippen LogP contribution in [-0.2, 0) is 6.54 Å². The van der Waals surface area contributed by atoms with E-state index in [9.17, 15) is 9.59 Å². The van der Waals surface area contributed by atoms with Gasteiger partial charge in [0.05, 0.1) is 5.56 Å². The van der Waals surface area contributed by atoms with E-state index in [1.54, 1.807) is 24.3 Å². The van der Waals surface area contributed by atoms with E-state index in [0.29, 0.717) is 6.54 Å². The molecule has 120 valence electrons. The lowest BCUT2D eigenvalue weighted by Gasteiger charge is -2.26. The summed E-state index contributed by atoms with van der Waals surface area (Å²) in [7, 11) is 0. The van der Waals surface area contributed by atoms with E-state index in [-0.39, 0.29) is 17.0 Å². The van der Waals surface area contributed by atoms with Crippen molar-refractivity contribution in [1.29, 1.82) is 0 Å². The number of urea groups is 1. The number of carbonyl (C=O) groups is 2. The van der Waals surface area contributed by atoms with Crippen molar-refractivity contribution >= 4 is 12.0 Å². The van der Waals surface area contributed by atoms with E-state index in [4.69, 9.17) is 5.11 Å². The van der Waals surface area contributed by atoms with Crippen molar-refractivity contribution in [3.8, 4) is 0 Å². The van der Waals surface area contributed by atoms with Gasteiger partial charge in [-0.15, -0.1) is 0 Å². The second-order valence-corrected chi connectivity index (χ2v) is 6.04. The molecule has 2 amide bonds. The molecule has 1 saturated heterocycles. The number of benzene rings is 1. The summed E-state index contributed by atoms with van der Waals surface area (Å²) < 4.78 is 0. The number of carboxylic acids is 1. The van der Waals surface area contributed by atoms with Crippen LogP contribution in [0.2, 0.25) is 0 Å². The molecule has 1 aromatic rings.